The first kappa shape index (κ1) is 10.3. The first-order valence-corrected chi connectivity index (χ1v) is 7.27. The Morgan fingerprint density at radius 3 is 3.12 bits per heavy atom. The number of piperidine rings is 1. The lowest BCUT2D eigenvalue weighted by atomic mass is 9.91. The van der Waals surface area contributed by atoms with Crippen LogP contribution in [0.3, 0.4) is 0 Å². The first-order valence-electron chi connectivity index (χ1n) is 5.71. The third-order valence-corrected chi connectivity index (χ3v) is 4.54. The fraction of sp³-hybridized carbons (Fsp3) is 0.500. The molecule has 0 saturated carbocycles. The van der Waals surface area contributed by atoms with Gasteiger partial charge < -0.3 is 10.6 Å². The molecule has 3 rings (SSSR count). The predicted octanol–water partition coefficient (Wildman–Crippen LogP) is 1.29. The number of hydrogen-bond acceptors (Lipinski definition) is 3. The number of para-hydroxylation sites is 1. The topological polar surface area (TPSA) is 41.1 Å². The third kappa shape index (κ3) is 1.48. The molecule has 0 amide bonds. The van der Waals surface area contributed by atoms with Gasteiger partial charge >= 0.3 is 0 Å². The highest BCUT2D eigenvalue weighted by Crippen LogP contribution is 2.41. The molecule has 4 heteroatoms. The quantitative estimate of drug-likeness (QED) is 0.772. The van der Waals surface area contributed by atoms with Crippen molar-refractivity contribution in [3.63, 3.8) is 0 Å². The minimum atomic E-state index is -0.907. The molecule has 0 spiro atoms. The summed E-state index contributed by atoms with van der Waals surface area (Å²) < 4.78 is 11.7. The van der Waals surface area contributed by atoms with E-state index in [9.17, 15) is 4.21 Å². The van der Waals surface area contributed by atoms with Gasteiger partial charge in [-0.2, -0.15) is 0 Å². The number of anilines is 1. The predicted molar refractivity (Wildman–Crippen MR) is 66.4 cm³/mol. The van der Waals surface area contributed by atoms with Gasteiger partial charge in [0.1, 0.15) is 0 Å². The molecule has 0 bridgehead atoms. The van der Waals surface area contributed by atoms with Crippen LogP contribution in [0.4, 0.5) is 5.69 Å². The first-order chi connectivity index (χ1) is 7.77. The van der Waals surface area contributed by atoms with Crippen molar-refractivity contribution >= 4 is 16.5 Å². The van der Waals surface area contributed by atoms with Crippen molar-refractivity contribution < 1.29 is 4.21 Å². The van der Waals surface area contributed by atoms with E-state index >= 15 is 0 Å². The second kappa shape index (κ2) is 3.86. The monoisotopic (exact) mass is 236 g/mol. The molecule has 0 radical (unpaired) electrons. The van der Waals surface area contributed by atoms with Gasteiger partial charge in [0.05, 0.1) is 21.4 Å². The molecule has 0 aromatic heterocycles. The fourth-order valence-electron chi connectivity index (χ4n) is 2.79. The molecule has 0 aliphatic carbocycles. The Morgan fingerprint density at radius 2 is 2.31 bits per heavy atom. The van der Waals surface area contributed by atoms with Gasteiger partial charge in [-0.05, 0) is 24.6 Å². The van der Waals surface area contributed by atoms with E-state index in [-0.39, 0.29) is 0 Å². The molecular formula is C12H16N2OS. The summed E-state index contributed by atoms with van der Waals surface area (Å²) in [4.78, 5) is 0.951. The Hall–Kier alpha value is -0.870. The zero-order valence-corrected chi connectivity index (χ0v) is 10.1. The summed E-state index contributed by atoms with van der Waals surface area (Å²) in [5, 5.41) is 6.98. The molecule has 2 N–H and O–H groups in total. The van der Waals surface area contributed by atoms with Crippen molar-refractivity contribution in [1.29, 1.82) is 0 Å². The lowest BCUT2D eigenvalue weighted by molar-refractivity contribution is 0.440. The number of fused-ring (bicyclic) bond motifs is 3. The Morgan fingerprint density at radius 1 is 1.44 bits per heavy atom. The van der Waals surface area contributed by atoms with E-state index in [2.05, 4.69) is 16.7 Å². The van der Waals surface area contributed by atoms with Crippen molar-refractivity contribution in [2.75, 3.05) is 24.7 Å². The van der Waals surface area contributed by atoms with Crippen molar-refractivity contribution in [2.24, 2.45) is 0 Å². The maximum atomic E-state index is 11.7. The van der Waals surface area contributed by atoms with Crippen LogP contribution in [0.5, 0.6) is 0 Å². The summed E-state index contributed by atoms with van der Waals surface area (Å²) in [6, 6.07) is 6.68. The number of rotatable bonds is 1. The van der Waals surface area contributed by atoms with E-state index in [4.69, 9.17) is 0 Å². The van der Waals surface area contributed by atoms with Crippen molar-refractivity contribution in [2.45, 2.75) is 23.3 Å². The molecule has 2 aliphatic rings. The summed E-state index contributed by atoms with van der Waals surface area (Å²) in [5.74, 6) is 0.548. The van der Waals surface area contributed by atoms with Crippen molar-refractivity contribution in [3.05, 3.63) is 23.8 Å². The van der Waals surface area contributed by atoms with Crippen LogP contribution in [0.2, 0.25) is 0 Å². The molecule has 1 aromatic rings. The number of nitrogens with one attached hydrogen (secondary N) is 2. The van der Waals surface area contributed by atoms with Crippen molar-refractivity contribution in [3.8, 4) is 0 Å². The average molecular weight is 236 g/mol. The Labute approximate surface area is 98.1 Å². The van der Waals surface area contributed by atoms with Gasteiger partial charge in [0.15, 0.2) is 0 Å². The third-order valence-electron chi connectivity index (χ3n) is 3.58. The highest BCUT2D eigenvalue weighted by molar-refractivity contribution is 7.84. The van der Waals surface area contributed by atoms with Gasteiger partial charge in [0, 0.05) is 24.8 Å². The second-order valence-corrected chi connectivity index (χ2v) is 5.87. The molecule has 1 unspecified atom stereocenters. The van der Waals surface area contributed by atoms with E-state index < -0.39 is 10.8 Å². The Balaban J connectivity index is 2.07. The van der Waals surface area contributed by atoms with Crippen LogP contribution in [0.25, 0.3) is 0 Å². The molecule has 3 nitrogen and oxygen atoms in total. The fourth-order valence-corrected chi connectivity index (χ4v) is 3.53. The highest BCUT2D eigenvalue weighted by atomic mass is 32.2. The summed E-state index contributed by atoms with van der Waals surface area (Å²) >= 11 is 0. The van der Waals surface area contributed by atoms with Crippen LogP contribution >= 0.6 is 0 Å². The minimum Gasteiger partial charge on any atom is -0.380 e. The normalized spacial score (nSPS) is 29.1. The summed E-state index contributed by atoms with van der Waals surface area (Å²) in [5.41, 5.74) is 2.46. The van der Waals surface area contributed by atoms with Crippen LogP contribution in [0.1, 0.15) is 17.9 Å². The van der Waals surface area contributed by atoms with Crippen LogP contribution in [-0.2, 0) is 10.8 Å². The van der Waals surface area contributed by atoms with Gasteiger partial charge in [0.2, 0.25) is 0 Å². The largest absolute Gasteiger partial charge is 0.380 e. The van der Waals surface area contributed by atoms with Crippen LogP contribution in [-0.4, -0.2) is 29.6 Å². The lowest BCUT2D eigenvalue weighted by Gasteiger charge is -2.26. The smallest absolute Gasteiger partial charge is 0.0619 e. The van der Waals surface area contributed by atoms with Crippen molar-refractivity contribution in [1.82, 2.24) is 5.32 Å². The minimum absolute atomic E-state index is 0.529. The summed E-state index contributed by atoms with van der Waals surface area (Å²) in [7, 11) is -0.907. The standard InChI is InChI=1S/C12H16N2OS/c1-16(15)11-4-2-3-8-9-7-13-6-5-10(9)14-12(8)11/h2-4,9-10,13-14H,5-7H2,1H3/t9-,10-,16?/m1/s1. The Bertz CT molecular complexity index is 447. The molecular weight excluding hydrogens is 220 g/mol. The summed E-state index contributed by atoms with van der Waals surface area (Å²) in [6.07, 6.45) is 2.90. The average Bonchev–Trinajstić information content (AvgIpc) is 2.67. The Kier molecular flexibility index (Phi) is 2.48. The lowest BCUT2D eigenvalue weighted by Crippen LogP contribution is -2.38. The van der Waals surface area contributed by atoms with E-state index in [0.717, 1.165) is 30.1 Å². The van der Waals surface area contributed by atoms with Gasteiger partial charge in [-0.15, -0.1) is 0 Å². The van der Waals surface area contributed by atoms with E-state index in [0.29, 0.717) is 12.0 Å². The zero-order chi connectivity index (χ0) is 11.1. The molecule has 1 saturated heterocycles. The van der Waals surface area contributed by atoms with Crippen LogP contribution in [0, 0.1) is 0 Å². The molecule has 3 atom stereocenters. The molecule has 16 heavy (non-hydrogen) atoms. The molecule has 2 aliphatic heterocycles. The maximum Gasteiger partial charge on any atom is 0.0619 e. The van der Waals surface area contributed by atoms with Gasteiger partial charge in [0.25, 0.3) is 0 Å². The molecule has 1 aromatic carbocycles. The van der Waals surface area contributed by atoms with E-state index in [1.54, 1.807) is 6.26 Å². The molecule has 86 valence electrons. The number of benzene rings is 1. The van der Waals surface area contributed by atoms with E-state index in [1.165, 1.54) is 5.56 Å². The zero-order valence-electron chi connectivity index (χ0n) is 9.32. The SMILES string of the molecule is CS(=O)c1cccc2c1N[C@@H]1CCNC[C@H]21. The maximum absolute atomic E-state index is 11.7. The van der Waals surface area contributed by atoms with Gasteiger partial charge in [-0.1, -0.05) is 12.1 Å². The molecule has 1 fully saturated rings. The van der Waals surface area contributed by atoms with E-state index in [1.807, 2.05) is 12.1 Å². The molecule has 2 heterocycles. The highest BCUT2D eigenvalue weighted by Gasteiger charge is 2.35. The van der Waals surface area contributed by atoms with Crippen LogP contribution in [0.15, 0.2) is 23.1 Å². The summed E-state index contributed by atoms with van der Waals surface area (Å²) in [6.45, 7) is 2.11. The van der Waals surface area contributed by atoms with Gasteiger partial charge in [-0.25, -0.2) is 0 Å². The second-order valence-electron chi connectivity index (χ2n) is 4.52. The van der Waals surface area contributed by atoms with Gasteiger partial charge in [-0.3, -0.25) is 4.21 Å². The van der Waals surface area contributed by atoms with Crippen LogP contribution < -0.4 is 10.6 Å². The number of hydrogen-bond donors (Lipinski definition) is 2.